The Hall–Kier alpha value is -1.94. The first-order valence-corrected chi connectivity index (χ1v) is 6.78. The van der Waals surface area contributed by atoms with Gasteiger partial charge in [-0.25, -0.2) is 14.4 Å². The lowest BCUT2D eigenvalue weighted by Crippen LogP contribution is -2.06. The van der Waals surface area contributed by atoms with Gasteiger partial charge in [-0.15, -0.1) is 11.6 Å². The molecule has 0 bridgehead atoms. The molecule has 2 aromatic heterocycles. The summed E-state index contributed by atoms with van der Waals surface area (Å²) in [5.41, 5.74) is 2.42. The highest BCUT2D eigenvalue weighted by molar-refractivity contribution is 6.20. The normalized spacial score (nSPS) is 12.8. The van der Waals surface area contributed by atoms with Crippen LogP contribution in [-0.2, 0) is 6.54 Å². The summed E-state index contributed by atoms with van der Waals surface area (Å²) in [6, 6.07) is 10.2. The maximum absolute atomic E-state index is 13.3. The molecular formula is C15H13ClFN3. The fraction of sp³-hybridized carbons (Fsp3) is 0.200. The van der Waals surface area contributed by atoms with Crippen LogP contribution < -0.4 is 0 Å². The summed E-state index contributed by atoms with van der Waals surface area (Å²) in [5.74, 6) is 0.491. The van der Waals surface area contributed by atoms with Gasteiger partial charge in [0.2, 0.25) is 0 Å². The van der Waals surface area contributed by atoms with E-state index >= 15 is 0 Å². The van der Waals surface area contributed by atoms with E-state index in [0.717, 1.165) is 22.6 Å². The first kappa shape index (κ1) is 13.1. The molecule has 20 heavy (non-hydrogen) atoms. The van der Waals surface area contributed by atoms with Crippen LogP contribution >= 0.6 is 11.6 Å². The molecule has 0 amide bonds. The predicted molar refractivity (Wildman–Crippen MR) is 77.3 cm³/mol. The van der Waals surface area contributed by atoms with Gasteiger partial charge < -0.3 is 4.57 Å². The minimum Gasteiger partial charge on any atom is -0.307 e. The zero-order valence-electron chi connectivity index (χ0n) is 10.9. The van der Waals surface area contributed by atoms with E-state index in [1.807, 2.05) is 29.7 Å². The quantitative estimate of drug-likeness (QED) is 0.684. The number of benzene rings is 1. The zero-order valence-corrected chi connectivity index (χ0v) is 11.7. The summed E-state index contributed by atoms with van der Waals surface area (Å²) in [4.78, 5) is 8.86. The molecule has 0 aliphatic rings. The molecule has 3 aromatic rings. The lowest BCUT2D eigenvalue weighted by atomic mass is 10.2. The second-order valence-electron chi connectivity index (χ2n) is 4.65. The average molecular weight is 290 g/mol. The van der Waals surface area contributed by atoms with Crippen molar-refractivity contribution in [2.45, 2.75) is 18.8 Å². The van der Waals surface area contributed by atoms with Gasteiger partial charge in [0.1, 0.15) is 17.2 Å². The highest BCUT2D eigenvalue weighted by atomic mass is 35.5. The van der Waals surface area contributed by atoms with Crippen LogP contribution in [0.3, 0.4) is 0 Å². The third-order valence-corrected chi connectivity index (χ3v) is 3.31. The standard InChI is InChI=1S/C15H13ClFN3/c1-10(16)14-19-13-6-3-7-18-15(13)20(14)9-11-4-2-5-12(17)8-11/h2-8,10H,9H2,1H3. The van der Waals surface area contributed by atoms with E-state index in [1.54, 1.807) is 12.3 Å². The minimum atomic E-state index is -0.250. The number of pyridine rings is 1. The molecule has 3 rings (SSSR count). The highest BCUT2D eigenvalue weighted by Crippen LogP contribution is 2.24. The molecule has 1 aromatic carbocycles. The van der Waals surface area contributed by atoms with Gasteiger partial charge in [0.05, 0.1) is 11.9 Å². The van der Waals surface area contributed by atoms with E-state index in [1.165, 1.54) is 12.1 Å². The van der Waals surface area contributed by atoms with Crippen LogP contribution in [0.1, 0.15) is 23.7 Å². The van der Waals surface area contributed by atoms with E-state index < -0.39 is 0 Å². The number of hydrogen-bond acceptors (Lipinski definition) is 2. The van der Waals surface area contributed by atoms with Gasteiger partial charge in [0.15, 0.2) is 5.65 Å². The van der Waals surface area contributed by atoms with Crippen LogP contribution in [0.2, 0.25) is 0 Å². The molecule has 0 fully saturated rings. The summed E-state index contributed by atoms with van der Waals surface area (Å²) in [5, 5.41) is -0.238. The number of alkyl halides is 1. The van der Waals surface area contributed by atoms with Crippen LogP contribution in [-0.4, -0.2) is 14.5 Å². The summed E-state index contributed by atoms with van der Waals surface area (Å²) >= 11 is 6.19. The highest BCUT2D eigenvalue weighted by Gasteiger charge is 2.15. The van der Waals surface area contributed by atoms with Crippen molar-refractivity contribution in [2.24, 2.45) is 0 Å². The first-order chi connectivity index (χ1) is 9.65. The average Bonchev–Trinajstić information content (AvgIpc) is 2.78. The SMILES string of the molecule is CC(Cl)c1nc2cccnc2n1Cc1cccc(F)c1. The summed E-state index contributed by atoms with van der Waals surface area (Å²) in [7, 11) is 0. The van der Waals surface area contributed by atoms with Gasteiger partial charge in [-0.05, 0) is 36.8 Å². The first-order valence-electron chi connectivity index (χ1n) is 6.35. The van der Waals surface area contributed by atoms with Crippen LogP contribution in [0.15, 0.2) is 42.6 Å². The number of nitrogens with zero attached hydrogens (tertiary/aromatic N) is 3. The van der Waals surface area contributed by atoms with Crippen LogP contribution in [0.25, 0.3) is 11.2 Å². The maximum Gasteiger partial charge on any atom is 0.160 e. The number of rotatable bonds is 3. The number of fused-ring (bicyclic) bond motifs is 1. The molecule has 0 spiro atoms. The van der Waals surface area contributed by atoms with Gasteiger partial charge in [0, 0.05) is 6.20 Å². The van der Waals surface area contributed by atoms with E-state index in [9.17, 15) is 4.39 Å². The molecule has 1 unspecified atom stereocenters. The van der Waals surface area contributed by atoms with Gasteiger partial charge >= 0.3 is 0 Å². The van der Waals surface area contributed by atoms with Crippen molar-refractivity contribution in [2.75, 3.05) is 0 Å². The second-order valence-corrected chi connectivity index (χ2v) is 5.30. The fourth-order valence-electron chi connectivity index (χ4n) is 2.25. The molecule has 0 aliphatic carbocycles. The zero-order chi connectivity index (χ0) is 14.1. The number of aromatic nitrogens is 3. The van der Waals surface area contributed by atoms with E-state index in [4.69, 9.17) is 11.6 Å². The second kappa shape index (κ2) is 5.21. The third-order valence-electron chi connectivity index (χ3n) is 3.12. The molecular weight excluding hydrogens is 277 g/mol. The van der Waals surface area contributed by atoms with Crippen molar-refractivity contribution in [1.82, 2.24) is 14.5 Å². The number of hydrogen-bond donors (Lipinski definition) is 0. The molecule has 0 aliphatic heterocycles. The van der Waals surface area contributed by atoms with E-state index in [0.29, 0.717) is 6.54 Å². The molecule has 0 N–H and O–H groups in total. The lowest BCUT2D eigenvalue weighted by molar-refractivity contribution is 0.622. The van der Waals surface area contributed by atoms with Crippen LogP contribution in [0, 0.1) is 5.82 Å². The Labute approximate surface area is 121 Å². The topological polar surface area (TPSA) is 30.7 Å². The largest absolute Gasteiger partial charge is 0.307 e. The van der Waals surface area contributed by atoms with Gasteiger partial charge in [-0.1, -0.05) is 12.1 Å². The molecule has 3 nitrogen and oxygen atoms in total. The molecule has 1 atom stereocenters. The van der Waals surface area contributed by atoms with Crippen LogP contribution in [0.5, 0.6) is 0 Å². The van der Waals surface area contributed by atoms with Crippen molar-refractivity contribution in [1.29, 1.82) is 0 Å². The summed E-state index contributed by atoms with van der Waals surface area (Å²) < 4.78 is 15.2. The van der Waals surface area contributed by atoms with Crippen molar-refractivity contribution >= 4 is 22.8 Å². The fourth-order valence-corrected chi connectivity index (χ4v) is 2.42. The monoisotopic (exact) mass is 289 g/mol. The van der Waals surface area contributed by atoms with E-state index in [-0.39, 0.29) is 11.2 Å². The molecule has 2 heterocycles. The molecule has 102 valence electrons. The van der Waals surface area contributed by atoms with Crippen molar-refractivity contribution < 1.29 is 4.39 Å². The van der Waals surface area contributed by atoms with Crippen molar-refractivity contribution in [3.63, 3.8) is 0 Å². The Morgan fingerprint density at radius 2 is 2.15 bits per heavy atom. The van der Waals surface area contributed by atoms with Crippen molar-refractivity contribution in [3.8, 4) is 0 Å². The van der Waals surface area contributed by atoms with Gasteiger partial charge in [-0.2, -0.15) is 0 Å². The van der Waals surface area contributed by atoms with Gasteiger partial charge in [0.25, 0.3) is 0 Å². The number of imidazole rings is 1. The summed E-state index contributed by atoms with van der Waals surface area (Å²) in [6.45, 7) is 2.36. The minimum absolute atomic E-state index is 0.238. The number of halogens is 2. The predicted octanol–water partition coefficient (Wildman–Crippen LogP) is 3.92. The van der Waals surface area contributed by atoms with Gasteiger partial charge in [-0.3, -0.25) is 0 Å². The molecule has 0 saturated heterocycles. The van der Waals surface area contributed by atoms with Crippen molar-refractivity contribution in [3.05, 3.63) is 59.8 Å². The maximum atomic E-state index is 13.3. The smallest absolute Gasteiger partial charge is 0.160 e. The Morgan fingerprint density at radius 3 is 2.90 bits per heavy atom. The Bertz CT molecular complexity index is 752. The summed E-state index contributed by atoms with van der Waals surface area (Å²) in [6.07, 6.45) is 1.72. The molecule has 0 saturated carbocycles. The molecule has 5 heteroatoms. The third kappa shape index (κ3) is 2.39. The Kier molecular flexibility index (Phi) is 3.40. The van der Waals surface area contributed by atoms with Crippen LogP contribution in [0.4, 0.5) is 4.39 Å². The molecule has 0 radical (unpaired) electrons. The Balaban J connectivity index is 2.11. The van der Waals surface area contributed by atoms with E-state index in [2.05, 4.69) is 9.97 Å². The lowest BCUT2D eigenvalue weighted by Gasteiger charge is -2.10. The Morgan fingerprint density at radius 1 is 1.30 bits per heavy atom.